The largest absolute Gasteiger partial charge is 0.352 e. The molecule has 3 rings (SSSR count). The van der Waals surface area contributed by atoms with Gasteiger partial charge in [0, 0.05) is 19.1 Å². The summed E-state index contributed by atoms with van der Waals surface area (Å²) in [5.41, 5.74) is 2.60. The average molecular weight is 279 g/mol. The van der Waals surface area contributed by atoms with Crippen molar-refractivity contribution in [3.05, 3.63) is 71.8 Å². The van der Waals surface area contributed by atoms with Crippen LogP contribution in [0.4, 0.5) is 0 Å². The lowest BCUT2D eigenvalue weighted by molar-refractivity contribution is 0.347. The van der Waals surface area contributed by atoms with Crippen LogP contribution in [0.2, 0.25) is 0 Å². The fourth-order valence-corrected chi connectivity index (χ4v) is 2.56. The topological polar surface area (TPSA) is 27.6 Å². The first-order chi connectivity index (χ1) is 10.3. The van der Waals surface area contributed by atoms with E-state index in [-0.39, 0.29) is 0 Å². The lowest BCUT2D eigenvalue weighted by Gasteiger charge is -2.26. The molecular weight excluding hydrogens is 258 g/mol. The molecule has 21 heavy (non-hydrogen) atoms. The fourth-order valence-electron chi connectivity index (χ4n) is 2.56. The highest BCUT2D eigenvalue weighted by atomic mass is 15.4. The third-order valence-corrected chi connectivity index (χ3v) is 3.80. The van der Waals surface area contributed by atoms with Crippen molar-refractivity contribution in [2.45, 2.75) is 26.1 Å². The highest BCUT2D eigenvalue weighted by Gasteiger charge is 2.23. The number of rotatable bonds is 4. The maximum absolute atomic E-state index is 4.64. The van der Waals surface area contributed by atoms with Crippen LogP contribution in [0.3, 0.4) is 0 Å². The molecule has 1 heterocycles. The minimum absolute atomic E-state index is 0.448. The zero-order chi connectivity index (χ0) is 14.5. The first-order valence-corrected chi connectivity index (χ1v) is 7.46. The van der Waals surface area contributed by atoms with Gasteiger partial charge in [-0.1, -0.05) is 60.7 Å². The van der Waals surface area contributed by atoms with Crippen LogP contribution in [-0.2, 0) is 13.1 Å². The number of hydrogen-bond donors (Lipinski definition) is 1. The zero-order valence-corrected chi connectivity index (χ0v) is 12.4. The number of aliphatic imine (C=N–C) groups is 1. The molecule has 0 aromatic heterocycles. The predicted octanol–water partition coefficient (Wildman–Crippen LogP) is 3.04. The van der Waals surface area contributed by atoms with Crippen molar-refractivity contribution in [1.82, 2.24) is 10.2 Å². The molecule has 0 saturated heterocycles. The van der Waals surface area contributed by atoms with Gasteiger partial charge in [0.25, 0.3) is 0 Å². The Morgan fingerprint density at radius 1 is 1.00 bits per heavy atom. The van der Waals surface area contributed by atoms with Gasteiger partial charge in [-0.2, -0.15) is 0 Å². The van der Waals surface area contributed by atoms with Crippen LogP contribution in [0.25, 0.3) is 0 Å². The van der Waals surface area contributed by atoms with E-state index in [2.05, 4.69) is 76.7 Å². The van der Waals surface area contributed by atoms with Gasteiger partial charge < -0.3 is 10.2 Å². The van der Waals surface area contributed by atoms with Crippen LogP contribution >= 0.6 is 0 Å². The second-order valence-electron chi connectivity index (χ2n) is 5.47. The third-order valence-electron chi connectivity index (χ3n) is 3.80. The molecular formula is C18H21N3. The fraction of sp³-hybridized carbons (Fsp3) is 0.278. The van der Waals surface area contributed by atoms with E-state index in [1.807, 2.05) is 6.07 Å². The molecule has 1 atom stereocenters. The van der Waals surface area contributed by atoms with E-state index < -0.39 is 0 Å². The summed E-state index contributed by atoms with van der Waals surface area (Å²) in [4.78, 5) is 6.99. The zero-order valence-electron chi connectivity index (χ0n) is 12.4. The van der Waals surface area contributed by atoms with E-state index >= 15 is 0 Å². The number of nitrogens with one attached hydrogen (secondary N) is 1. The van der Waals surface area contributed by atoms with Gasteiger partial charge in [-0.25, -0.2) is 0 Å². The lowest BCUT2D eigenvalue weighted by atomic mass is 10.2. The highest BCUT2D eigenvalue weighted by Crippen LogP contribution is 2.14. The standard InChI is InChI=1S/C18H21N3/c1-15-12-19-18(20-13-16-8-4-2-5-9-16)21(15)14-17-10-6-3-7-11-17/h2-11,15H,12-14H2,1H3,(H,19,20)/t15-/m0/s1. The molecule has 0 aliphatic carbocycles. The second-order valence-corrected chi connectivity index (χ2v) is 5.47. The van der Waals surface area contributed by atoms with Crippen LogP contribution in [0.15, 0.2) is 65.7 Å². The second kappa shape index (κ2) is 6.44. The first-order valence-electron chi connectivity index (χ1n) is 7.46. The van der Waals surface area contributed by atoms with Gasteiger partial charge in [0.1, 0.15) is 0 Å². The minimum atomic E-state index is 0.448. The minimum Gasteiger partial charge on any atom is -0.352 e. The maximum atomic E-state index is 4.64. The maximum Gasteiger partial charge on any atom is 0.194 e. The summed E-state index contributed by atoms with van der Waals surface area (Å²) in [5, 5.41) is 3.47. The molecule has 0 amide bonds. The molecule has 1 aliphatic rings. The molecule has 108 valence electrons. The summed E-state index contributed by atoms with van der Waals surface area (Å²) in [6, 6.07) is 21.5. The summed E-state index contributed by atoms with van der Waals surface area (Å²) in [6.07, 6.45) is 0. The summed E-state index contributed by atoms with van der Waals surface area (Å²) < 4.78 is 0. The summed E-state index contributed by atoms with van der Waals surface area (Å²) >= 11 is 0. The Morgan fingerprint density at radius 3 is 2.29 bits per heavy atom. The van der Waals surface area contributed by atoms with Crippen LogP contribution < -0.4 is 5.32 Å². The van der Waals surface area contributed by atoms with Gasteiger partial charge in [0.05, 0.1) is 6.54 Å². The molecule has 0 bridgehead atoms. The molecule has 0 saturated carbocycles. The molecule has 0 unspecified atom stereocenters. The Bertz CT molecular complexity index is 592. The summed E-state index contributed by atoms with van der Waals surface area (Å²) in [5.74, 6) is 1.01. The van der Waals surface area contributed by atoms with E-state index in [1.165, 1.54) is 11.1 Å². The molecule has 3 heteroatoms. The van der Waals surface area contributed by atoms with Crippen molar-refractivity contribution in [3.63, 3.8) is 0 Å². The quantitative estimate of drug-likeness (QED) is 0.931. The molecule has 3 nitrogen and oxygen atoms in total. The van der Waals surface area contributed by atoms with Gasteiger partial charge >= 0.3 is 0 Å². The van der Waals surface area contributed by atoms with Crippen LogP contribution in [0.1, 0.15) is 18.1 Å². The number of hydrogen-bond acceptors (Lipinski definition) is 3. The molecule has 0 radical (unpaired) electrons. The van der Waals surface area contributed by atoms with Gasteiger partial charge in [0.2, 0.25) is 0 Å². The Labute approximate surface area is 126 Å². The van der Waals surface area contributed by atoms with Crippen molar-refractivity contribution in [3.8, 4) is 0 Å². The Kier molecular flexibility index (Phi) is 4.20. The van der Waals surface area contributed by atoms with Crippen molar-refractivity contribution in [2.75, 3.05) is 6.54 Å². The molecule has 0 spiro atoms. The van der Waals surface area contributed by atoms with Crippen LogP contribution in [0.5, 0.6) is 0 Å². The third kappa shape index (κ3) is 3.43. The normalized spacial score (nSPS) is 17.7. The monoisotopic (exact) mass is 279 g/mol. The van der Waals surface area contributed by atoms with Crippen molar-refractivity contribution in [2.24, 2.45) is 4.99 Å². The van der Waals surface area contributed by atoms with Gasteiger partial charge in [-0.05, 0) is 18.1 Å². The molecule has 1 N–H and O–H groups in total. The smallest absolute Gasteiger partial charge is 0.194 e. The molecule has 2 aromatic carbocycles. The predicted molar refractivity (Wildman–Crippen MR) is 87.0 cm³/mol. The lowest BCUT2D eigenvalue weighted by Crippen LogP contribution is -2.41. The molecule has 0 fully saturated rings. The first kappa shape index (κ1) is 13.7. The van der Waals surface area contributed by atoms with Gasteiger partial charge in [0.15, 0.2) is 5.96 Å². The highest BCUT2D eigenvalue weighted by molar-refractivity contribution is 5.81. The van der Waals surface area contributed by atoms with E-state index in [1.54, 1.807) is 0 Å². The van der Waals surface area contributed by atoms with E-state index in [4.69, 9.17) is 0 Å². The van der Waals surface area contributed by atoms with E-state index in [9.17, 15) is 0 Å². The summed E-state index contributed by atoms with van der Waals surface area (Å²) in [6.45, 7) is 4.81. The number of nitrogens with zero attached hydrogens (tertiary/aromatic N) is 2. The Morgan fingerprint density at radius 2 is 1.62 bits per heavy atom. The Balaban J connectivity index is 1.64. The Hall–Kier alpha value is -2.29. The van der Waals surface area contributed by atoms with E-state index in [0.717, 1.165) is 25.6 Å². The SMILES string of the molecule is C[C@H]1CN=C(NCc2ccccc2)N1Cc1ccccc1. The van der Waals surface area contributed by atoms with Gasteiger partial charge in [-0.3, -0.25) is 4.99 Å². The molecule has 2 aromatic rings. The average Bonchev–Trinajstić information content (AvgIpc) is 2.88. The molecule has 1 aliphatic heterocycles. The van der Waals surface area contributed by atoms with Gasteiger partial charge in [-0.15, -0.1) is 0 Å². The van der Waals surface area contributed by atoms with Crippen LogP contribution in [0, 0.1) is 0 Å². The number of benzene rings is 2. The number of guanidine groups is 1. The van der Waals surface area contributed by atoms with E-state index in [0.29, 0.717) is 6.04 Å². The van der Waals surface area contributed by atoms with Crippen LogP contribution in [-0.4, -0.2) is 23.4 Å². The van der Waals surface area contributed by atoms with Crippen molar-refractivity contribution >= 4 is 5.96 Å². The summed E-state index contributed by atoms with van der Waals surface area (Å²) in [7, 11) is 0. The van der Waals surface area contributed by atoms with Crippen molar-refractivity contribution in [1.29, 1.82) is 0 Å². The van der Waals surface area contributed by atoms with Crippen molar-refractivity contribution < 1.29 is 0 Å².